The van der Waals surface area contributed by atoms with Crippen molar-refractivity contribution in [3.05, 3.63) is 229 Å². The van der Waals surface area contributed by atoms with Crippen LogP contribution in [0.3, 0.4) is 0 Å². The van der Waals surface area contributed by atoms with Gasteiger partial charge in [-0.25, -0.2) is 19.8 Å². The highest BCUT2D eigenvalue weighted by molar-refractivity contribution is 5.92. The van der Waals surface area contributed by atoms with Crippen LogP contribution in [0.15, 0.2) is 207 Å². The molecule has 3 aromatic heterocycles. The van der Waals surface area contributed by atoms with Crippen LogP contribution in [0.25, 0.3) is 106 Å². The van der Waals surface area contributed by atoms with Crippen molar-refractivity contribution < 1.29 is 0 Å². The van der Waals surface area contributed by atoms with Gasteiger partial charge < -0.3 is 0 Å². The van der Waals surface area contributed by atoms with Gasteiger partial charge >= 0.3 is 0 Å². The van der Waals surface area contributed by atoms with Gasteiger partial charge in [-0.15, -0.1) is 0 Å². The predicted octanol–water partition coefficient (Wildman–Crippen LogP) is 14.9. The van der Waals surface area contributed by atoms with E-state index in [4.69, 9.17) is 21.5 Å². The van der Waals surface area contributed by atoms with Crippen LogP contribution in [0.2, 0.25) is 0 Å². The second-order valence-electron chi connectivity index (χ2n) is 16.9. The summed E-state index contributed by atoms with van der Waals surface area (Å²) in [6.07, 6.45) is 7.41. The van der Waals surface area contributed by atoms with Gasteiger partial charge in [-0.1, -0.05) is 141 Å². The maximum absolute atomic E-state index is 8.00. The molecule has 1 aliphatic carbocycles. The zero-order valence-corrected chi connectivity index (χ0v) is 35.8. The predicted molar refractivity (Wildman–Crippen MR) is 263 cm³/mol. The molecule has 0 unspecified atom stereocenters. The molecular weight excluding hydrogens is 793 g/mol. The van der Waals surface area contributed by atoms with E-state index in [1.807, 2.05) is 73.1 Å². The molecule has 0 aliphatic heterocycles. The Morgan fingerprint density at radius 3 is 1.37 bits per heavy atom. The summed E-state index contributed by atoms with van der Waals surface area (Å²) < 4.78 is 0. The van der Waals surface area contributed by atoms with Gasteiger partial charge in [-0.3, -0.25) is 9.97 Å². The van der Waals surface area contributed by atoms with Crippen LogP contribution in [0.5, 0.6) is 0 Å². The normalized spacial score (nSPS) is 12.3. The van der Waals surface area contributed by atoms with Crippen molar-refractivity contribution in [2.75, 3.05) is 0 Å². The molecule has 6 nitrogen and oxygen atoms in total. The maximum atomic E-state index is 8.00. The molecule has 306 valence electrons. The molecule has 0 amide bonds. The Labute approximate surface area is 378 Å². The highest BCUT2D eigenvalue weighted by Crippen LogP contribution is 2.53. The van der Waals surface area contributed by atoms with E-state index < -0.39 is 0 Å². The van der Waals surface area contributed by atoms with Crippen molar-refractivity contribution in [3.8, 4) is 101 Å². The average Bonchev–Trinajstić information content (AvgIpc) is 3.62. The summed E-state index contributed by atoms with van der Waals surface area (Å²) in [6.45, 7) is 12.5. The molecule has 0 fully saturated rings. The number of nitrogens with zero attached hydrogens (tertiary/aromatic N) is 6. The van der Waals surface area contributed by atoms with Crippen LogP contribution < -0.4 is 0 Å². The zero-order valence-electron chi connectivity index (χ0n) is 35.8. The first-order valence-corrected chi connectivity index (χ1v) is 21.6. The number of fused-ring (bicyclic) bond motifs is 3. The molecule has 10 aromatic rings. The topological polar surface area (TPSA) is 68.8 Å². The van der Waals surface area contributed by atoms with E-state index in [2.05, 4.69) is 150 Å². The van der Waals surface area contributed by atoms with E-state index in [0.29, 0.717) is 23.2 Å². The van der Waals surface area contributed by atoms with Gasteiger partial charge in [0, 0.05) is 58.0 Å². The molecule has 0 N–H and O–H groups in total. The number of pyridine rings is 2. The molecule has 65 heavy (non-hydrogen) atoms. The van der Waals surface area contributed by atoms with Crippen molar-refractivity contribution in [1.82, 2.24) is 24.9 Å². The SMILES string of the molecule is [C-]#[N+]c1cccc2c1-c1ccc(-c3cc(-c4cc(-c5cccnc5)cc(-c5cccnc5)c4)cc(-c4nc(-c5ccccc5)nc(-c5ccc(-c6ccccc6)cc5)n4)c3)cc1C2(C)C. The molecule has 0 spiro atoms. The Bertz CT molecular complexity index is 3380. The summed E-state index contributed by atoms with van der Waals surface area (Å²) in [5, 5.41) is 0. The minimum Gasteiger partial charge on any atom is -0.264 e. The molecule has 7 aromatic carbocycles. The van der Waals surface area contributed by atoms with E-state index in [0.717, 1.165) is 83.5 Å². The number of benzene rings is 7. The Morgan fingerprint density at radius 1 is 0.369 bits per heavy atom. The van der Waals surface area contributed by atoms with E-state index >= 15 is 0 Å². The zero-order chi connectivity index (χ0) is 43.9. The average molecular weight is 833 g/mol. The van der Waals surface area contributed by atoms with Crippen LogP contribution in [-0.4, -0.2) is 24.9 Å². The third-order valence-corrected chi connectivity index (χ3v) is 12.5. The molecule has 0 atom stereocenters. The van der Waals surface area contributed by atoms with Crippen molar-refractivity contribution in [3.63, 3.8) is 0 Å². The first-order valence-electron chi connectivity index (χ1n) is 21.6. The highest BCUT2D eigenvalue weighted by atomic mass is 15.0. The summed E-state index contributed by atoms with van der Waals surface area (Å²) in [6, 6.07) is 63.1. The van der Waals surface area contributed by atoms with Crippen LogP contribution in [-0.2, 0) is 5.41 Å². The number of hydrogen-bond donors (Lipinski definition) is 0. The minimum absolute atomic E-state index is 0.303. The van der Waals surface area contributed by atoms with Gasteiger partial charge in [-0.2, -0.15) is 0 Å². The Balaban J connectivity index is 1.13. The largest absolute Gasteiger partial charge is 0.264 e. The lowest BCUT2D eigenvalue weighted by Crippen LogP contribution is -2.14. The van der Waals surface area contributed by atoms with E-state index in [1.54, 1.807) is 12.4 Å². The third-order valence-electron chi connectivity index (χ3n) is 12.5. The van der Waals surface area contributed by atoms with Gasteiger partial charge in [0.25, 0.3) is 0 Å². The first kappa shape index (κ1) is 39.2. The van der Waals surface area contributed by atoms with E-state index in [1.165, 1.54) is 11.1 Å². The quantitative estimate of drug-likeness (QED) is 0.143. The molecule has 1 aliphatic rings. The number of aromatic nitrogens is 5. The Kier molecular flexibility index (Phi) is 9.79. The van der Waals surface area contributed by atoms with Gasteiger partial charge in [0.2, 0.25) is 0 Å². The standard InChI is InChI=1S/C59H40N6/c1-59(2)52-19-10-20-54(60-3)55(52)51-26-25-42(35-53(51)59)45-29-49(48-31-46(43-17-11-27-61-36-43)30-47(32-48)44-18-12-28-62-37-44)34-50(33-45)58-64-56(40-15-8-5-9-16-40)63-57(65-58)41-23-21-39(22-24-41)38-13-6-4-7-14-38/h4-37H,1-2H3. The number of rotatable bonds is 8. The summed E-state index contributed by atoms with van der Waals surface area (Å²) in [4.78, 5) is 28.5. The lowest BCUT2D eigenvalue weighted by Gasteiger charge is -2.22. The minimum atomic E-state index is -0.303. The van der Waals surface area contributed by atoms with E-state index in [-0.39, 0.29) is 5.41 Å². The maximum Gasteiger partial charge on any atom is 0.195 e. The fourth-order valence-corrected chi connectivity index (χ4v) is 9.12. The first-order chi connectivity index (χ1) is 31.9. The highest BCUT2D eigenvalue weighted by Gasteiger charge is 2.37. The van der Waals surface area contributed by atoms with Gasteiger partial charge in [0.05, 0.1) is 6.57 Å². The third kappa shape index (κ3) is 7.35. The molecular formula is C59H40N6. The molecule has 0 saturated heterocycles. The Morgan fingerprint density at radius 2 is 0.815 bits per heavy atom. The fraction of sp³-hybridized carbons (Fsp3) is 0.0508. The van der Waals surface area contributed by atoms with Crippen molar-refractivity contribution in [2.45, 2.75) is 19.3 Å². The summed E-state index contributed by atoms with van der Waals surface area (Å²) >= 11 is 0. The lowest BCUT2D eigenvalue weighted by atomic mass is 9.81. The summed E-state index contributed by atoms with van der Waals surface area (Å²) in [7, 11) is 0. The second kappa shape index (κ2) is 16.2. The molecule has 0 radical (unpaired) electrons. The fourth-order valence-electron chi connectivity index (χ4n) is 9.12. The van der Waals surface area contributed by atoms with Crippen molar-refractivity contribution >= 4 is 5.69 Å². The van der Waals surface area contributed by atoms with Gasteiger partial charge in [-0.05, 0) is 121 Å². The van der Waals surface area contributed by atoms with Crippen molar-refractivity contribution in [2.24, 2.45) is 0 Å². The monoisotopic (exact) mass is 832 g/mol. The Hall–Kier alpha value is -8.66. The summed E-state index contributed by atoms with van der Waals surface area (Å²) in [5.74, 6) is 1.75. The van der Waals surface area contributed by atoms with Crippen LogP contribution in [0.4, 0.5) is 5.69 Å². The molecule has 11 rings (SSSR count). The molecule has 6 heteroatoms. The number of hydrogen-bond acceptors (Lipinski definition) is 5. The van der Waals surface area contributed by atoms with Crippen LogP contribution in [0, 0.1) is 6.57 Å². The van der Waals surface area contributed by atoms with Gasteiger partial charge in [0.15, 0.2) is 23.2 Å². The smallest absolute Gasteiger partial charge is 0.195 e. The van der Waals surface area contributed by atoms with Crippen LogP contribution >= 0.6 is 0 Å². The molecule has 3 heterocycles. The molecule has 0 saturated carbocycles. The van der Waals surface area contributed by atoms with E-state index in [9.17, 15) is 0 Å². The molecule has 0 bridgehead atoms. The summed E-state index contributed by atoms with van der Waals surface area (Å²) in [5.41, 5.74) is 18.0. The van der Waals surface area contributed by atoms with Gasteiger partial charge in [0.1, 0.15) is 0 Å². The second-order valence-corrected chi connectivity index (χ2v) is 16.9. The lowest BCUT2D eigenvalue weighted by molar-refractivity contribution is 0.661. The van der Waals surface area contributed by atoms with Crippen molar-refractivity contribution in [1.29, 1.82) is 0 Å². The van der Waals surface area contributed by atoms with Crippen LogP contribution in [0.1, 0.15) is 25.0 Å².